The number of hydrogen-bond donors (Lipinski definition) is 1. The second kappa shape index (κ2) is 7.20. The van der Waals surface area contributed by atoms with E-state index in [1.54, 1.807) is 0 Å². The van der Waals surface area contributed by atoms with Gasteiger partial charge < -0.3 is 4.98 Å². The molecule has 0 saturated heterocycles. The summed E-state index contributed by atoms with van der Waals surface area (Å²) in [6.07, 6.45) is 7.77. The van der Waals surface area contributed by atoms with Gasteiger partial charge in [-0.2, -0.15) is 0 Å². The minimum atomic E-state index is -0.195. The topological polar surface area (TPSA) is 32.9 Å². The number of fused-ring (bicyclic) bond motifs is 5. The lowest BCUT2D eigenvalue weighted by Gasteiger charge is -2.44. The Labute approximate surface area is 193 Å². The maximum Gasteiger partial charge on any atom is 0.169 e. The molecule has 0 atom stereocenters. The SMILES string of the molecule is CCC(CC)(CC)c1ccc2[nH]c3cc4c(cc3c2c1)C1(C(C)C)CCC(C)(CC1)C4=O. The molecule has 3 aromatic rings. The Morgan fingerprint density at radius 2 is 1.53 bits per heavy atom. The van der Waals surface area contributed by atoms with Crippen molar-refractivity contribution in [3.63, 3.8) is 0 Å². The number of carbonyl (C=O) groups excluding carboxylic acids is 1. The monoisotopic (exact) mass is 429 g/mol. The number of aromatic amines is 1. The van der Waals surface area contributed by atoms with E-state index in [4.69, 9.17) is 0 Å². The van der Waals surface area contributed by atoms with Crippen molar-refractivity contribution in [2.24, 2.45) is 11.3 Å². The minimum absolute atomic E-state index is 0.121. The van der Waals surface area contributed by atoms with Gasteiger partial charge in [0.05, 0.1) is 0 Å². The van der Waals surface area contributed by atoms with Crippen LogP contribution in [0.2, 0.25) is 0 Å². The van der Waals surface area contributed by atoms with Gasteiger partial charge in [-0.05, 0) is 97.1 Å². The van der Waals surface area contributed by atoms with Gasteiger partial charge in [-0.1, -0.05) is 47.6 Å². The van der Waals surface area contributed by atoms with Crippen molar-refractivity contribution in [3.8, 4) is 0 Å². The fraction of sp³-hybridized carbons (Fsp3) is 0.567. The van der Waals surface area contributed by atoms with Crippen LogP contribution in [0.25, 0.3) is 21.8 Å². The summed E-state index contributed by atoms with van der Waals surface area (Å²) in [4.78, 5) is 17.4. The third-order valence-corrected chi connectivity index (χ3v) is 10.1. The van der Waals surface area contributed by atoms with E-state index in [0.29, 0.717) is 11.7 Å². The highest BCUT2D eigenvalue weighted by molar-refractivity contribution is 6.12. The maximum absolute atomic E-state index is 13.7. The summed E-state index contributed by atoms with van der Waals surface area (Å²) in [7, 11) is 0. The Morgan fingerprint density at radius 1 is 0.906 bits per heavy atom. The highest BCUT2D eigenvalue weighted by atomic mass is 16.1. The van der Waals surface area contributed by atoms with Gasteiger partial charge in [-0.15, -0.1) is 0 Å². The number of aromatic nitrogens is 1. The van der Waals surface area contributed by atoms with Crippen LogP contribution in [0, 0.1) is 11.3 Å². The van der Waals surface area contributed by atoms with Gasteiger partial charge in [0.15, 0.2) is 5.78 Å². The lowest BCUT2D eigenvalue weighted by atomic mass is 9.60. The Hall–Kier alpha value is -2.09. The van der Waals surface area contributed by atoms with Gasteiger partial charge in [0.2, 0.25) is 0 Å². The normalized spacial score (nSPS) is 25.7. The molecule has 1 fully saturated rings. The number of nitrogens with one attached hydrogen (secondary N) is 1. The summed E-state index contributed by atoms with van der Waals surface area (Å²) in [5.41, 5.74) is 6.23. The fourth-order valence-electron chi connectivity index (χ4n) is 7.20. The van der Waals surface area contributed by atoms with Crippen LogP contribution in [-0.2, 0) is 10.8 Å². The van der Waals surface area contributed by atoms with Gasteiger partial charge in [0.25, 0.3) is 0 Å². The van der Waals surface area contributed by atoms with E-state index in [0.717, 1.165) is 56.0 Å². The van der Waals surface area contributed by atoms with Crippen molar-refractivity contribution >= 4 is 27.6 Å². The van der Waals surface area contributed by atoms with E-state index in [-0.39, 0.29) is 16.2 Å². The number of rotatable bonds is 5. The van der Waals surface area contributed by atoms with Crippen LogP contribution in [0.15, 0.2) is 30.3 Å². The van der Waals surface area contributed by atoms with Crippen LogP contribution >= 0.6 is 0 Å². The average Bonchev–Trinajstić information content (AvgIpc) is 3.09. The van der Waals surface area contributed by atoms with E-state index >= 15 is 0 Å². The molecule has 1 N–H and O–H groups in total. The largest absolute Gasteiger partial charge is 0.354 e. The fourth-order valence-corrected chi connectivity index (χ4v) is 7.20. The van der Waals surface area contributed by atoms with Crippen LogP contribution in [0.1, 0.15) is 108 Å². The van der Waals surface area contributed by atoms with E-state index in [1.165, 1.54) is 27.4 Å². The van der Waals surface area contributed by atoms with Crippen LogP contribution < -0.4 is 0 Å². The molecule has 0 radical (unpaired) electrons. The Kier molecular flexibility index (Phi) is 4.89. The molecule has 3 aliphatic carbocycles. The number of carbonyl (C=O) groups is 1. The van der Waals surface area contributed by atoms with Crippen molar-refractivity contribution < 1.29 is 4.79 Å². The van der Waals surface area contributed by atoms with E-state index in [1.807, 2.05) is 0 Å². The first-order valence-corrected chi connectivity index (χ1v) is 12.9. The number of Topliss-reactive ketones (excluding diaryl/α,β-unsaturated/α-hetero) is 1. The number of benzene rings is 2. The first kappa shape index (κ1) is 21.7. The number of ketones is 1. The van der Waals surface area contributed by atoms with Crippen molar-refractivity contribution in [2.45, 2.75) is 97.3 Å². The van der Waals surface area contributed by atoms with Gasteiger partial charge in [0, 0.05) is 32.8 Å². The summed E-state index contributed by atoms with van der Waals surface area (Å²) in [5.74, 6) is 0.901. The molecule has 0 unspecified atom stereocenters. The molecule has 2 aromatic carbocycles. The molecule has 2 bridgehead atoms. The molecular weight excluding hydrogens is 390 g/mol. The molecule has 170 valence electrons. The van der Waals surface area contributed by atoms with Gasteiger partial charge in [-0.3, -0.25) is 4.79 Å². The molecule has 2 heteroatoms. The molecule has 6 rings (SSSR count). The smallest absolute Gasteiger partial charge is 0.169 e. The Bertz CT molecular complexity index is 1190. The summed E-state index contributed by atoms with van der Waals surface area (Å²) < 4.78 is 0. The predicted octanol–water partition coefficient (Wildman–Crippen LogP) is 8.46. The molecule has 1 saturated carbocycles. The molecule has 32 heavy (non-hydrogen) atoms. The zero-order chi connectivity index (χ0) is 22.9. The van der Waals surface area contributed by atoms with Crippen LogP contribution in [0.4, 0.5) is 0 Å². The summed E-state index contributed by atoms with van der Waals surface area (Å²) >= 11 is 0. The second-order valence-corrected chi connectivity index (χ2v) is 11.4. The van der Waals surface area contributed by atoms with Gasteiger partial charge >= 0.3 is 0 Å². The molecule has 1 aromatic heterocycles. The standard InChI is InChI=1S/C30H39NO/c1-7-29(8-2,9-3)20-10-11-25-21(16-20)22-17-24-23(18-26(22)31-25)27(32)28(6)12-14-30(24,15-13-28)19(4)5/h10-11,16-19,31H,7-9,12-15H2,1-6H3. The molecule has 0 amide bonds. The van der Waals surface area contributed by atoms with Crippen LogP contribution in [-0.4, -0.2) is 10.8 Å². The maximum atomic E-state index is 13.7. The Balaban J connectivity index is 1.80. The van der Waals surface area contributed by atoms with Gasteiger partial charge in [-0.25, -0.2) is 0 Å². The van der Waals surface area contributed by atoms with Crippen molar-refractivity contribution in [2.75, 3.05) is 0 Å². The summed E-state index contributed by atoms with van der Waals surface area (Å²) in [6, 6.07) is 11.6. The van der Waals surface area contributed by atoms with E-state index < -0.39 is 0 Å². The van der Waals surface area contributed by atoms with Crippen molar-refractivity contribution in [3.05, 3.63) is 47.0 Å². The predicted molar refractivity (Wildman–Crippen MR) is 136 cm³/mol. The first-order chi connectivity index (χ1) is 15.2. The highest BCUT2D eigenvalue weighted by Crippen LogP contribution is 2.56. The summed E-state index contributed by atoms with van der Waals surface area (Å²) in [5, 5.41) is 2.61. The number of hydrogen-bond acceptors (Lipinski definition) is 1. The molecule has 3 aliphatic rings. The van der Waals surface area contributed by atoms with E-state index in [9.17, 15) is 4.79 Å². The van der Waals surface area contributed by atoms with Crippen molar-refractivity contribution in [1.29, 1.82) is 0 Å². The minimum Gasteiger partial charge on any atom is -0.354 e. The highest BCUT2D eigenvalue weighted by Gasteiger charge is 2.51. The zero-order valence-corrected chi connectivity index (χ0v) is 20.8. The van der Waals surface area contributed by atoms with Crippen molar-refractivity contribution in [1.82, 2.24) is 4.98 Å². The quantitative estimate of drug-likeness (QED) is 0.433. The number of H-pyrrole nitrogens is 1. The second-order valence-electron chi connectivity index (χ2n) is 11.4. The van der Waals surface area contributed by atoms with Crippen LogP contribution in [0.3, 0.4) is 0 Å². The molecule has 0 aliphatic heterocycles. The third-order valence-electron chi connectivity index (χ3n) is 10.1. The third kappa shape index (κ3) is 2.74. The zero-order valence-electron chi connectivity index (χ0n) is 20.8. The first-order valence-electron chi connectivity index (χ1n) is 12.9. The summed E-state index contributed by atoms with van der Waals surface area (Å²) in [6.45, 7) is 13.9. The average molecular weight is 430 g/mol. The van der Waals surface area contributed by atoms with Gasteiger partial charge in [0.1, 0.15) is 0 Å². The lowest BCUT2D eigenvalue weighted by Crippen LogP contribution is -2.38. The van der Waals surface area contributed by atoms with Crippen LogP contribution in [0.5, 0.6) is 0 Å². The lowest BCUT2D eigenvalue weighted by molar-refractivity contribution is 0.0688. The molecular formula is C30H39NO. The molecule has 2 nitrogen and oxygen atoms in total. The molecule has 1 heterocycles. The molecule has 0 spiro atoms. The van der Waals surface area contributed by atoms with E-state index in [2.05, 4.69) is 76.9 Å². The Morgan fingerprint density at radius 3 is 2.12 bits per heavy atom.